The van der Waals surface area contributed by atoms with Crippen molar-refractivity contribution in [3.63, 3.8) is 0 Å². The van der Waals surface area contributed by atoms with Gasteiger partial charge < -0.3 is 9.47 Å². The van der Waals surface area contributed by atoms with Gasteiger partial charge in [-0.3, -0.25) is 4.79 Å². The number of nitrogens with one attached hydrogen (secondary N) is 1. The summed E-state index contributed by atoms with van der Waals surface area (Å²) in [5.41, 5.74) is 4.51. The first kappa shape index (κ1) is 15.6. The van der Waals surface area contributed by atoms with Gasteiger partial charge in [0.25, 0.3) is 5.91 Å². The Morgan fingerprint density at radius 2 is 1.92 bits per heavy atom. The Kier molecular flexibility index (Phi) is 4.43. The van der Waals surface area contributed by atoms with Crippen LogP contribution in [-0.2, 0) is 4.79 Å². The predicted molar refractivity (Wildman–Crippen MR) is 87.9 cm³/mol. The van der Waals surface area contributed by atoms with E-state index in [4.69, 9.17) is 14.7 Å². The zero-order valence-electron chi connectivity index (χ0n) is 13.0. The molecule has 2 aromatic rings. The lowest BCUT2D eigenvalue weighted by atomic mass is 10.1. The number of fused-ring (bicyclic) bond motifs is 1. The monoisotopic (exact) mass is 321 g/mol. The van der Waals surface area contributed by atoms with Crippen LogP contribution >= 0.6 is 0 Å². The molecule has 6 nitrogen and oxygen atoms in total. The lowest BCUT2D eigenvalue weighted by Crippen LogP contribution is -2.42. The van der Waals surface area contributed by atoms with Crippen molar-refractivity contribution in [2.45, 2.75) is 13.0 Å². The molecule has 0 aromatic heterocycles. The molecule has 1 amide bonds. The molecule has 0 saturated heterocycles. The molecular weight excluding hydrogens is 306 g/mol. The SMILES string of the molecule is CC(=NNC(=O)C1COc2ccccc2O1)c1ccc(C#N)cc1. The van der Waals surface area contributed by atoms with Crippen molar-refractivity contribution >= 4 is 11.6 Å². The van der Waals surface area contributed by atoms with E-state index >= 15 is 0 Å². The van der Waals surface area contributed by atoms with Gasteiger partial charge in [-0.25, -0.2) is 5.43 Å². The number of amides is 1. The first-order valence-corrected chi connectivity index (χ1v) is 7.40. The normalized spacial score (nSPS) is 16.2. The first-order chi connectivity index (χ1) is 11.7. The van der Waals surface area contributed by atoms with Crippen LogP contribution in [0.1, 0.15) is 18.1 Å². The zero-order valence-corrected chi connectivity index (χ0v) is 13.0. The molecule has 1 atom stereocenters. The number of ether oxygens (including phenoxy) is 2. The van der Waals surface area contributed by atoms with E-state index in [-0.39, 0.29) is 12.5 Å². The molecule has 0 radical (unpaired) electrons. The van der Waals surface area contributed by atoms with E-state index in [2.05, 4.69) is 16.6 Å². The first-order valence-electron chi connectivity index (χ1n) is 7.40. The lowest BCUT2D eigenvalue weighted by molar-refractivity contribution is -0.130. The van der Waals surface area contributed by atoms with Gasteiger partial charge in [0, 0.05) is 0 Å². The minimum atomic E-state index is -0.752. The maximum atomic E-state index is 12.2. The van der Waals surface area contributed by atoms with E-state index in [0.717, 1.165) is 5.56 Å². The summed E-state index contributed by atoms with van der Waals surface area (Å²) < 4.78 is 11.1. The van der Waals surface area contributed by atoms with Crippen molar-refractivity contribution in [1.29, 1.82) is 5.26 Å². The van der Waals surface area contributed by atoms with Gasteiger partial charge in [-0.1, -0.05) is 24.3 Å². The zero-order chi connectivity index (χ0) is 16.9. The molecule has 1 aliphatic heterocycles. The van der Waals surface area contributed by atoms with Gasteiger partial charge in [0.2, 0.25) is 6.10 Å². The van der Waals surface area contributed by atoms with Gasteiger partial charge in [0.15, 0.2) is 11.5 Å². The Morgan fingerprint density at radius 3 is 2.62 bits per heavy atom. The number of hydrogen-bond donors (Lipinski definition) is 1. The number of para-hydroxylation sites is 2. The van der Waals surface area contributed by atoms with E-state index in [1.54, 1.807) is 43.3 Å². The van der Waals surface area contributed by atoms with Gasteiger partial charge in [0.05, 0.1) is 17.3 Å². The largest absolute Gasteiger partial charge is 0.485 e. The molecule has 1 N–H and O–H groups in total. The summed E-state index contributed by atoms with van der Waals surface area (Å²) in [6.07, 6.45) is -0.752. The molecule has 1 heterocycles. The Hall–Kier alpha value is -3.33. The third-order valence-corrected chi connectivity index (χ3v) is 3.57. The Bertz CT molecular complexity index is 822. The highest BCUT2D eigenvalue weighted by Crippen LogP contribution is 2.30. The van der Waals surface area contributed by atoms with Crippen molar-refractivity contribution < 1.29 is 14.3 Å². The van der Waals surface area contributed by atoms with Crippen LogP contribution in [0, 0.1) is 11.3 Å². The van der Waals surface area contributed by atoms with Crippen LogP contribution < -0.4 is 14.9 Å². The minimum Gasteiger partial charge on any atom is -0.485 e. The molecule has 1 aliphatic rings. The maximum absolute atomic E-state index is 12.2. The standard InChI is InChI=1S/C18H15N3O3/c1-12(14-8-6-13(10-19)7-9-14)20-21-18(22)17-11-23-15-4-2-3-5-16(15)24-17/h2-9,17H,11H2,1H3,(H,21,22). The highest BCUT2D eigenvalue weighted by atomic mass is 16.6. The average Bonchev–Trinajstić information content (AvgIpc) is 2.65. The van der Waals surface area contributed by atoms with Gasteiger partial charge in [0.1, 0.15) is 6.61 Å². The van der Waals surface area contributed by atoms with Crippen molar-refractivity contribution in [1.82, 2.24) is 5.43 Å². The summed E-state index contributed by atoms with van der Waals surface area (Å²) in [5.74, 6) is 0.785. The summed E-state index contributed by atoms with van der Waals surface area (Å²) in [5, 5.41) is 12.9. The molecule has 0 aliphatic carbocycles. The van der Waals surface area contributed by atoms with E-state index in [0.29, 0.717) is 22.8 Å². The van der Waals surface area contributed by atoms with Crippen LogP contribution in [0.5, 0.6) is 11.5 Å². The molecular formula is C18H15N3O3. The molecule has 0 fully saturated rings. The van der Waals surface area contributed by atoms with Crippen LogP contribution in [-0.4, -0.2) is 24.3 Å². The average molecular weight is 321 g/mol. The molecule has 6 heteroatoms. The van der Waals surface area contributed by atoms with Crippen molar-refractivity contribution in [3.8, 4) is 17.6 Å². The van der Waals surface area contributed by atoms with Gasteiger partial charge >= 0.3 is 0 Å². The quantitative estimate of drug-likeness (QED) is 0.694. The fourth-order valence-corrected chi connectivity index (χ4v) is 2.21. The van der Waals surface area contributed by atoms with Crippen molar-refractivity contribution in [2.24, 2.45) is 5.10 Å². The number of nitriles is 1. The van der Waals surface area contributed by atoms with Crippen LogP contribution in [0.3, 0.4) is 0 Å². The summed E-state index contributed by atoms with van der Waals surface area (Å²) in [4.78, 5) is 12.2. The van der Waals surface area contributed by atoms with Gasteiger partial charge in [-0.05, 0) is 36.8 Å². The summed E-state index contributed by atoms with van der Waals surface area (Å²) in [6.45, 7) is 1.91. The molecule has 24 heavy (non-hydrogen) atoms. The van der Waals surface area contributed by atoms with Crippen LogP contribution in [0.15, 0.2) is 53.6 Å². The minimum absolute atomic E-state index is 0.133. The highest BCUT2D eigenvalue weighted by molar-refractivity contribution is 5.99. The molecule has 2 aromatic carbocycles. The fourth-order valence-electron chi connectivity index (χ4n) is 2.21. The number of nitrogens with zero attached hydrogens (tertiary/aromatic N) is 2. The Morgan fingerprint density at radius 1 is 1.21 bits per heavy atom. The number of benzene rings is 2. The number of carbonyl (C=O) groups excluding carboxylic acids is 1. The smallest absolute Gasteiger partial charge is 0.284 e. The predicted octanol–water partition coefficient (Wildman–Crippen LogP) is 2.24. The van der Waals surface area contributed by atoms with E-state index < -0.39 is 6.10 Å². The number of hydrogen-bond acceptors (Lipinski definition) is 5. The Balaban J connectivity index is 1.63. The summed E-state index contributed by atoms with van der Waals surface area (Å²) >= 11 is 0. The third kappa shape index (κ3) is 3.36. The number of carbonyl (C=O) groups is 1. The second-order valence-electron chi connectivity index (χ2n) is 5.23. The Labute approximate surface area is 139 Å². The van der Waals surface area contributed by atoms with Crippen molar-refractivity contribution in [3.05, 3.63) is 59.7 Å². The molecule has 120 valence electrons. The lowest BCUT2D eigenvalue weighted by Gasteiger charge is -2.24. The van der Waals surface area contributed by atoms with Gasteiger partial charge in [-0.2, -0.15) is 10.4 Å². The molecule has 0 saturated carbocycles. The number of rotatable bonds is 3. The molecule has 3 rings (SSSR count). The van der Waals surface area contributed by atoms with Crippen LogP contribution in [0.25, 0.3) is 0 Å². The van der Waals surface area contributed by atoms with E-state index in [9.17, 15) is 4.79 Å². The molecule has 0 spiro atoms. The molecule has 0 bridgehead atoms. The van der Waals surface area contributed by atoms with E-state index in [1.807, 2.05) is 12.1 Å². The van der Waals surface area contributed by atoms with Crippen LogP contribution in [0.2, 0.25) is 0 Å². The number of hydrazone groups is 1. The van der Waals surface area contributed by atoms with Crippen molar-refractivity contribution in [2.75, 3.05) is 6.61 Å². The summed E-state index contributed by atoms with van der Waals surface area (Å²) in [7, 11) is 0. The molecule has 1 unspecified atom stereocenters. The topological polar surface area (TPSA) is 83.7 Å². The summed E-state index contributed by atoms with van der Waals surface area (Å²) in [6, 6.07) is 16.2. The third-order valence-electron chi connectivity index (χ3n) is 3.57. The second kappa shape index (κ2) is 6.84. The maximum Gasteiger partial charge on any atom is 0.284 e. The van der Waals surface area contributed by atoms with Crippen LogP contribution in [0.4, 0.5) is 0 Å². The highest BCUT2D eigenvalue weighted by Gasteiger charge is 2.27. The van der Waals surface area contributed by atoms with E-state index in [1.165, 1.54) is 0 Å². The van der Waals surface area contributed by atoms with Gasteiger partial charge in [-0.15, -0.1) is 0 Å². The fraction of sp³-hybridized carbons (Fsp3) is 0.167. The second-order valence-corrected chi connectivity index (χ2v) is 5.23.